The predicted molar refractivity (Wildman–Crippen MR) is 72.2 cm³/mol. The van der Waals surface area contributed by atoms with Crippen LogP contribution in [-0.2, 0) is 11.3 Å². The van der Waals surface area contributed by atoms with Gasteiger partial charge in [0, 0.05) is 6.54 Å². The van der Waals surface area contributed by atoms with Crippen LogP contribution in [0.2, 0.25) is 0 Å². The summed E-state index contributed by atoms with van der Waals surface area (Å²) in [4.78, 5) is 23.3. The molecule has 1 aliphatic carbocycles. The SMILES string of the molecule is O=C(NCc1nn[nH]n1)NCC1(C(=O)O)CCCCCC1. The minimum atomic E-state index is -0.847. The first-order chi connectivity index (χ1) is 10.1. The highest BCUT2D eigenvalue weighted by Gasteiger charge is 2.38. The number of aromatic amines is 1. The number of carboxylic acid groups (broad SMARTS) is 1. The van der Waals surface area contributed by atoms with Gasteiger partial charge in [0.25, 0.3) is 0 Å². The fraction of sp³-hybridized carbons (Fsp3) is 0.750. The van der Waals surface area contributed by atoms with Crippen LogP contribution in [0.25, 0.3) is 0 Å². The van der Waals surface area contributed by atoms with E-state index in [1.54, 1.807) is 0 Å². The highest BCUT2D eigenvalue weighted by molar-refractivity contribution is 5.78. The number of aliphatic carboxylic acids is 1. The number of hydrogen-bond acceptors (Lipinski definition) is 5. The highest BCUT2D eigenvalue weighted by Crippen LogP contribution is 2.34. The molecule has 0 radical (unpaired) electrons. The molecule has 1 aliphatic rings. The summed E-state index contributed by atoms with van der Waals surface area (Å²) in [5.74, 6) is -0.463. The number of aromatic nitrogens is 4. The quantitative estimate of drug-likeness (QED) is 0.582. The van der Waals surface area contributed by atoms with Crippen molar-refractivity contribution in [3.63, 3.8) is 0 Å². The van der Waals surface area contributed by atoms with Crippen LogP contribution in [-0.4, -0.2) is 44.3 Å². The Morgan fingerprint density at radius 1 is 1.19 bits per heavy atom. The van der Waals surface area contributed by atoms with Gasteiger partial charge in [-0.3, -0.25) is 4.79 Å². The lowest BCUT2D eigenvalue weighted by atomic mass is 9.80. The molecule has 4 N–H and O–H groups in total. The number of H-pyrrole nitrogens is 1. The molecule has 116 valence electrons. The first-order valence-electron chi connectivity index (χ1n) is 7.10. The maximum Gasteiger partial charge on any atom is 0.315 e. The van der Waals surface area contributed by atoms with E-state index in [4.69, 9.17) is 0 Å². The van der Waals surface area contributed by atoms with E-state index in [9.17, 15) is 14.7 Å². The molecule has 2 rings (SSSR count). The van der Waals surface area contributed by atoms with Gasteiger partial charge in [-0.2, -0.15) is 5.21 Å². The van der Waals surface area contributed by atoms with Crippen LogP contribution in [0.1, 0.15) is 44.3 Å². The molecule has 2 amide bonds. The Balaban J connectivity index is 1.83. The summed E-state index contributed by atoms with van der Waals surface area (Å²) in [7, 11) is 0. The van der Waals surface area contributed by atoms with Gasteiger partial charge >= 0.3 is 12.0 Å². The fourth-order valence-corrected chi connectivity index (χ4v) is 2.60. The van der Waals surface area contributed by atoms with Crippen LogP contribution < -0.4 is 10.6 Å². The topological polar surface area (TPSA) is 133 Å². The molecule has 1 aromatic heterocycles. The van der Waals surface area contributed by atoms with Gasteiger partial charge in [-0.25, -0.2) is 4.79 Å². The predicted octanol–water partition coefficient (Wildman–Crippen LogP) is 0.424. The molecule has 9 heteroatoms. The van der Waals surface area contributed by atoms with Gasteiger partial charge in [-0.15, -0.1) is 10.2 Å². The second-order valence-corrected chi connectivity index (χ2v) is 5.36. The summed E-state index contributed by atoms with van der Waals surface area (Å²) in [6.07, 6.45) is 5.09. The Hall–Kier alpha value is -2.19. The van der Waals surface area contributed by atoms with E-state index in [0.717, 1.165) is 25.7 Å². The Bertz CT molecular complexity index is 467. The molecule has 0 aliphatic heterocycles. The molecule has 1 heterocycles. The number of nitrogens with zero attached hydrogens (tertiary/aromatic N) is 3. The minimum Gasteiger partial charge on any atom is -0.481 e. The molecular formula is C12H20N6O3. The van der Waals surface area contributed by atoms with Gasteiger partial charge in [0.2, 0.25) is 0 Å². The lowest BCUT2D eigenvalue weighted by Gasteiger charge is -2.28. The standard InChI is InChI=1S/C12H20N6O3/c19-10(20)12(5-3-1-2-4-6-12)8-14-11(21)13-7-9-15-17-18-16-9/h1-8H2,(H,19,20)(H2,13,14,21)(H,15,16,17,18). The van der Waals surface area contributed by atoms with Crippen LogP contribution in [0.3, 0.4) is 0 Å². The van der Waals surface area contributed by atoms with Crippen LogP contribution in [0.5, 0.6) is 0 Å². The van der Waals surface area contributed by atoms with Gasteiger partial charge in [0.05, 0.1) is 12.0 Å². The normalized spacial score (nSPS) is 17.7. The summed E-state index contributed by atoms with van der Waals surface area (Å²) < 4.78 is 0. The van der Waals surface area contributed by atoms with E-state index in [2.05, 4.69) is 31.3 Å². The third-order valence-electron chi connectivity index (χ3n) is 3.90. The number of carbonyl (C=O) groups is 2. The first-order valence-corrected chi connectivity index (χ1v) is 7.10. The second kappa shape index (κ2) is 7.00. The van der Waals surface area contributed by atoms with Crippen molar-refractivity contribution in [1.82, 2.24) is 31.3 Å². The summed E-state index contributed by atoms with van der Waals surface area (Å²) in [6.45, 7) is 0.281. The molecule has 0 unspecified atom stereocenters. The third-order valence-corrected chi connectivity index (χ3v) is 3.90. The Labute approximate surface area is 121 Å². The largest absolute Gasteiger partial charge is 0.481 e. The van der Waals surface area contributed by atoms with Crippen LogP contribution >= 0.6 is 0 Å². The molecule has 0 atom stereocenters. The number of amides is 2. The molecule has 1 aromatic rings. The summed E-state index contributed by atoms with van der Waals surface area (Å²) >= 11 is 0. The van der Waals surface area contributed by atoms with Gasteiger partial charge in [-0.1, -0.05) is 30.9 Å². The molecule has 21 heavy (non-hydrogen) atoms. The van der Waals surface area contributed by atoms with Crippen molar-refractivity contribution in [1.29, 1.82) is 0 Å². The molecule has 0 aromatic carbocycles. The maximum atomic E-state index is 11.7. The lowest BCUT2D eigenvalue weighted by Crippen LogP contribution is -2.46. The number of nitrogens with one attached hydrogen (secondary N) is 3. The molecular weight excluding hydrogens is 276 g/mol. The Morgan fingerprint density at radius 2 is 1.90 bits per heavy atom. The van der Waals surface area contributed by atoms with Crippen molar-refractivity contribution in [3.05, 3.63) is 5.82 Å². The zero-order chi connectivity index (χ0) is 15.1. The van der Waals surface area contributed by atoms with Gasteiger partial charge in [0.1, 0.15) is 0 Å². The van der Waals surface area contributed by atoms with Crippen molar-refractivity contribution in [2.24, 2.45) is 5.41 Å². The van der Waals surface area contributed by atoms with Crippen molar-refractivity contribution >= 4 is 12.0 Å². The van der Waals surface area contributed by atoms with E-state index < -0.39 is 17.4 Å². The smallest absolute Gasteiger partial charge is 0.315 e. The zero-order valence-electron chi connectivity index (χ0n) is 11.8. The highest BCUT2D eigenvalue weighted by atomic mass is 16.4. The van der Waals surface area contributed by atoms with E-state index in [-0.39, 0.29) is 13.1 Å². The van der Waals surface area contributed by atoms with E-state index in [1.165, 1.54) is 0 Å². The number of carbonyl (C=O) groups excluding carboxylic acids is 1. The Kier molecular flexibility index (Phi) is 5.07. The van der Waals surface area contributed by atoms with Crippen molar-refractivity contribution in [3.8, 4) is 0 Å². The third kappa shape index (κ3) is 4.14. The molecule has 0 spiro atoms. The van der Waals surface area contributed by atoms with E-state index in [0.29, 0.717) is 18.7 Å². The molecule has 9 nitrogen and oxygen atoms in total. The van der Waals surface area contributed by atoms with Crippen LogP contribution in [0.15, 0.2) is 0 Å². The number of carboxylic acids is 1. The average Bonchev–Trinajstić information content (AvgIpc) is 2.87. The van der Waals surface area contributed by atoms with Crippen LogP contribution in [0, 0.1) is 5.41 Å². The second-order valence-electron chi connectivity index (χ2n) is 5.36. The van der Waals surface area contributed by atoms with Gasteiger partial charge in [-0.05, 0) is 12.8 Å². The van der Waals surface area contributed by atoms with Gasteiger partial charge in [0.15, 0.2) is 5.82 Å². The fourth-order valence-electron chi connectivity index (χ4n) is 2.60. The van der Waals surface area contributed by atoms with E-state index in [1.807, 2.05) is 0 Å². The van der Waals surface area contributed by atoms with Crippen molar-refractivity contribution in [2.45, 2.75) is 45.1 Å². The number of rotatable bonds is 5. The van der Waals surface area contributed by atoms with Gasteiger partial charge < -0.3 is 15.7 Å². The van der Waals surface area contributed by atoms with Crippen LogP contribution in [0.4, 0.5) is 4.79 Å². The number of tetrazole rings is 1. The minimum absolute atomic E-state index is 0.139. The maximum absolute atomic E-state index is 11.7. The number of urea groups is 1. The Morgan fingerprint density at radius 3 is 2.48 bits per heavy atom. The molecule has 1 saturated carbocycles. The molecule has 0 bridgehead atoms. The summed E-state index contributed by atoms with van der Waals surface area (Å²) in [5.41, 5.74) is -0.847. The van der Waals surface area contributed by atoms with E-state index >= 15 is 0 Å². The molecule has 1 fully saturated rings. The average molecular weight is 296 g/mol. The zero-order valence-corrected chi connectivity index (χ0v) is 11.8. The summed E-state index contributed by atoms with van der Waals surface area (Å²) in [5, 5.41) is 27.8. The lowest BCUT2D eigenvalue weighted by molar-refractivity contribution is -0.149. The first kappa shape index (κ1) is 15.2. The summed E-state index contributed by atoms with van der Waals surface area (Å²) in [6, 6.07) is -0.426. The number of hydrogen-bond donors (Lipinski definition) is 4. The monoisotopic (exact) mass is 296 g/mol. The van der Waals surface area contributed by atoms with Crippen molar-refractivity contribution < 1.29 is 14.7 Å². The van der Waals surface area contributed by atoms with Crippen molar-refractivity contribution in [2.75, 3.05) is 6.54 Å². The molecule has 0 saturated heterocycles.